The first kappa shape index (κ1) is 13.4. The Balaban J connectivity index is 2.20. The van der Waals surface area contributed by atoms with E-state index in [4.69, 9.17) is 10.8 Å². The molecule has 0 unspecified atom stereocenters. The minimum Gasteiger partial charge on any atom is -0.478 e. The van der Waals surface area contributed by atoms with Gasteiger partial charge in [0.25, 0.3) is 0 Å². The molecule has 98 valence electrons. The number of benzene rings is 2. The molecule has 0 saturated carbocycles. The third-order valence-corrected chi connectivity index (χ3v) is 3.63. The number of carboxylic acids is 1. The Hall–Kier alpha value is -2.01. The van der Waals surface area contributed by atoms with E-state index < -0.39 is 5.97 Å². The molecular formula is C14H12FNO2S. The molecule has 0 aliphatic heterocycles. The Labute approximate surface area is 114 Å². The second-order valence-corrected chi connectivity index (χ2v) is 4.98. The number of rotatable bonds is 4. The number of carboxylic acid groups (broad SMARTS) is 1. The maximum atomic E-state index is 13.0. The maximum Gasteiger partial charge on any atom is 0.338 e. The predicted molar refractivity (Wildman–Crippen MR) is 73.8 cm³/mol. The van der Waals surface area contributed by atoms with Crippen molar-refractivity contribution >= 4 is 23.4 Å². The van der Waals surface area contributed by atoms with Gasteiger partial charge >= 0.3 is 5.97 Å². The Morgan fingerprint density at radius 3 is 2.68 bits per heavy atom. The van der Waals surface area contributed by atoms with Gasteiger partial charge in [-0.3, -0.25) is 0 Å². The van der Waals surface area contributed by atoms with Crippen LogP contribution in [0.4, 0.5) is 10.1 Å². The second kappa shape index (κ2) is 5.75. The number of hydrogen-bond donors (Lipinski definition) is 2. The van der Waals surface area contributed by atoms with Gasteiger partial charge in [-0.2, -0.15) is 0 Å². The van der Waals surface area contributed by atoms with E-state index in [-0.39, 0.29) is 17.1 Å². The molecule has 0 bridgehead atoms. The normalized spacial score (nSPS) is 10.4. The quantitative estimate of drug-likeness (QED) is 0.664. The van der Waals surface area contributed by atoms with Crippen LogP contribution in [-0.2, 0) is 5.75 Å². The van der Waals surface area contributed by atoms with Gasteiger partial charge in [0.05, 0.1) is 5.56 Å². The summed E-state index contributed by atoms with van der Waals surface area (Å²) in [4.78, 5) is 11.9. The van der Waals surface area contributed by atoms with E-state index in [0.717, 1.165) is 4.90 Å². The lowest BCUT2D eigenvalue weighted by molar-refractivity contribution is 0.0697. The number of nitrogen functional groups attached to an aromatic ring is 1. The van der Waals surface area contributed by atoms with Gasteiger partial charge in [0.2, 0.25) is 0 Å². The highest BCUT2D eigenvalue weighted by Crippen LogP contribution is 2.27. The number of thioether (sulfide) groups is 1. The fraction of sp³-hybridized carbons (Fsp3) is 0.0714. The van der Waals surface area contributed by atoms with Crippen LogP contribution in [0.3, 0.4) is 0 Å². The summed E-state index contributed by atoms with van der Waals surface area (Å²) in [6.45, 7) is 0. The van der Waals surface area contributed by atoms with Gasteiger partial charge in [0.15, 0.2) is 0 Å². The summed E-state index contributed by atoms with van der Waals surface area (Å²) in [7, 11) is 0. The Morgan fingerprint density at radius 2 is 2.00 bits per heavy atom. The van der Waals surface area contributed by atoms with Gasteiger partial charge in [0, 0.05) is 16.3 Å². The van der Waals surface area contributed by atoms with Crippen LogP contribution < -0.4 is 5.73 Å². The largest absolute Gasteiger partial charge is 0.478 e. The monoisotopic (exact) mass is 277 g/mol. The van der Waals surface area contributed by atoms with E-state index in [1.165, 1.54) is 23.9 Å². The van der Waals surface area contributed by atoms with Crippen LogP contribution in [0, 0.1) is 5.82 Å². The summed E-state index contributed by atoms with van der Waals surface area (Å²) in [5.74, 6) is -0.931. The minimum atomic E-state index is -1.05. The zero-order chi connectivity index (χ0) is 13.8. The number of halogens is 1. The molecule has 0 aromatic heterocycles. The summed E-state index contributed by atoms with van der Waals surface area (Å²) < 4.78 is 13.0. The maximum absolute atomic E-state index is 13.0. The molecule has 0 aliphatic carbocycles. The summed E-state index contributed by atoms with van der Waals surface area (Å²) in [6, 6.07) is 11.2. The molecule has 0 aliphatic rings. The van der Waals surface area contributed by atoms with Crippen molar-refractivity contribution in [2.24, 2.45) is 0 Å². The predicted octanol–water partition coefficient (Wildman–Crippen LogP) is 3.40. The first-order valence-corrected chi connectivity index (χ1v) is 6.55. The minimum absolute atomic E-state index is 0.117. The smallest absolute Gasteiger partial charge is 0.338 e. The van der Waals surface area contributed by atoms with Crippen molar-refractivity contribution in [3.63, 3.8) is 0 Å². The highest BCUT2D eigenvalue weighted by Gasteiger charge is 2.13. The molecule has 0 atom stereocenters. The van der Waals surface area contributed by atoms with Crippen molar-refractivity contribution in [1.82, 2.24) is 0 Å². The van der Waals surface area contributed by atoms with Crippen molar-refractivity contribution in [2.75, 3.05) is 5.73 Å². The lowest BCUT2D eigenvalue weighted by Gasteiger charge is -2.08. The van der Waals surface area contributed by atoms with Crippen LogP contribution in [0.5, 0.6) is 0 Å². The summed E-state index contributed by atoms with van der Waals surface area (Å²) in [5.41, 5.74) is 6.65. The van der Waals surface area contributed by atoms with Crippen LogP contribution in [0.1, 0.15) is 15.9 Å². The molecule has 2 aromatic rings. The molecule has 0 spiro atoms. The molecule has 19 heavy (non-hydrogen) atoms. The lowest BCUT2D eigenvalue weighted by atomic mass is 10.1. The zero-order valence-electron chi connectivity index (χ0n) is 9.97. The highest BCUT2D eigenvalue weighted by atomic mass is 32.2. The number of anilines is 1. The summed E-state index contributed by atoms with van der Waals surface area (Å²) in [5, 5.41) is 9.14. The molecular weight excluding hydrogens is 265 g/mol. The molecule has 0 heterocycles. The molecule has 0 amide bonds. The molecule has 3 nitrogen and oxygen atoms in total. The van der Waals surface area contributed by atoms with E-state index in [1.54, 1.807) is 30.3 Å². The van der Waals surface area contributed by atoms with Crippen LogP contribution in [0.15, 0.2) is 47.4 Å². The zero-order valence-corrected chi connectivity index (χ0v) is 10.8. The Kier molecular flexibility index (Phi) is 4.06. The van der Waals surface area contributed by atoms with E-state index in [2.05, 4.69) is 0 Å². The van der Waals surface area contributed by atoms with E-state index in [1.807, 2.05) is 0 Å². The second-order valence-electron chi connectivity index (χ2n) is 3.93. The molecule has 0 fully saturated rings. The van der Waals surface area contributed by atoms with Crippen LogP contribution in [0.2, 0.25) is 0 Å². The van der Waals surface area contributed by atoms with E-state index >= 15 is 0 Å². The third kappa shape index (κ3) is 3.26. The molecule has 0 saturated heterocycles. The van der Waals surface area contributed by atoms with Crippen LogP contribution in [-0.4, -0.2) is 11.1 Å². The van der Waals surface area contributed by atoms with Gasteiger partial charge in [-0.05, 0) is 29.8 Å². The molecule has 0 radical (unpaired) electrons. The topological polar surface area (TPSA) is 63.3 Å². The number of hydrogen-bond acceptors (Lipinski definition) is 3. The van der Waals surface area contributed by atoms with Crippen molar-refractivity contribution in [1.29, 1.82) is 0 Å². The third-order valence-electron chi connectivity index (χ3n) is 2.59. The fourth-order valence-corrected chi connectivity index (χ4v) is 2.65. The Morgan fingerprint density at radius 1 is 1.26 bits per heavy atom. The first-order chi connectivity index (χ1) is 9.08. The highest BCUT2D eigenvalue weighted by molar-refractivity contribution is 7.98. The van der Waals surface area contributed by atoms with Crippen molar-refractivity contribution < 1.29 is 14.3 Å². The standard InChI is InChI=1S/C14H12FNO2S/c15-10-4-2-5-11(7-10)19-8-9-3-1-6-12(16)13(9)14(17)18/h1-7H,8,16H2,(H,17,18). The summed E-state index contributed by atoms with van der Waals surface area (Å²) >= 11 is 1.37. The van der Waals surface area contributed by atoms with Gasteiger partial charge in [-0.1, -0.05) is 18.2 Å². The van der Waals surface area contributed by atoms with E-state index in [9.17, 15) is 9.18 Å². The van der Waals surface area contributed by atoms with Crippen molar-refractivity contribution in [2.45, 2.75) is 10.6 Å². The van der Waals surface area contributed by atoms with Crippen LogP contribution >= 0.6 is 11.8 Å². The van der Waals surface area contributed by atoms with Gasteiger partial charge < -0.3 is 10.8 Å². The molecule has 3 N–H and O–H groups in total. The average molecular weight is 277 g/mol. The van der Waals surface area contributed by atoms with Gasteiger partial charge in [-0.25, -0.2) is 9.18 Å². The molecule has 5 heteroatoms. The van der Waals surface area contributed by atoms with Crippen LogP contribution in [0.25, 0.3) is 0 Å². The molecule has 2 aromatic carbocycles. The fourth-order valence-electron chi connectivity index (χ4n) is 1.72. The summed E-state index contributed by atoms with van der Waals surface area (Å²) in [6.07, 6.45) is 0. The first-order valence-electron chi connectivity index (χ1n) is 5.57. The average Bonchev–Trinajstić information content (AvgIpc) is 2.36. The van der Waals surface area contributed by atoms with Gasteiger partial charge in [-0.15, -0.1) is 11.8 Å². The van der Waals surface area contributed by atoms with E-state index in [0.29, 0.717) is 11.3 Å². The lowest BCUT2D eigenvalue weighted by Crippen LogP contribution is -2.06. The Bertz CT molecular complexity index is 616. The molecule has 2 rings (SSSR count). The SMILES string of the molecule is Nc1cccc(CSc2cccc(F)c2)c1C(=O)O. The van der Waals surface area contributed by atoms with Gasteiger partial charge in [0.1, 0.15) is 5.82 Å². The van der Waals surface area contributed by atoms with Crippen molar-refractivity contribution in [3.05, 3.63) is 59.4 Å². The number of aromatic carboxylic acids is 1. The number of carbonyl (C=O) groups is 1. The van der Waals surface area contributed by atoms with Crippen molar-refractivity contribution in [3.8, 4) is 0 Å². The number of nitrogens with two attached hydrogens (primary N) is 1.